The molecule has 8 heteroatoms. The van der Waals surface area contributed by atoms with Crippen molar-refractivity contribution in [1.29, 1.82) is 0 Å². The van der Waals surface area contributed by atoms with E-state index in [9.17, 15) is 9.59 Å². The summed E-state index contributed by atoms with van der Waals surface area (Å²) < 4.78 is 9.81. The van der Waals surface area contributed by atoms with Crippen LogP contribution in [-0.2, 0) is 9.53 Å². The summed E-state index contributed by atoms with van der Waals surface area (Å²) in [4.78, 5) is 36.1. The van der Waals surface area contributed by atoms with Crippen LogP contribution >= 0.6 is 0 Å². The van der Waals surface area contributed by atoms with Gasteiger partial charge in [-0.15, -0.1) is 0 Å². The van der Waals surface area contributed by atoms with Crippen molar-refractivity contribution in [2.75, 3.05) is 51.3 Å². The van der Waals surface area contributed by atoms with Crippen LogP contribution in [0.3, 0.4) is 0 Å². The second-order valence-electron chi connectivity index (χ2n) is 6.14. The van der Waals surface area contributed by atoms with Crippen molar-refractivity contribution in [1.82, 2.24) is 14.9 Å². The summed E-state index contributed by atoms with van der Waals surface area (Å²) in [7, 11) is 1.31. The van der Waals surface area contributed by atoms with E-state index in [1.54, 1.807) is 36.8 Å². The van der Waals surface area contributed by atoms with E-state index in [-0.39, 0.29) is 12.4 Å². The minimum absolute atomic E-state index is 0.0602. The molecule has 0 unspecified atom stereocenters. The minimum atomic E-state index is -0.448. The normalized spacial score (nSPS) is 14.6. The van der Waals surface area contributed by atoms with Crippen LogP contribution < -0.4 is 9.64 Å². The Hall–Kier alpha value is -3.00. The molecule has 2 aromatic rings. The largest absolute Gasteiger partial charge is 0.482 e. The molecule has 0 atom stereocenters. The molecule has 1 saturated heterocycles. The van der Waals surface area contributed by atoms with Crippen LogP contribution in [0.5, 0.6) is 5.75 Å². The zero-order chi connectivity index (χ0) is 19.1. The van der Waals surface area contributed by atoms with Gasteiger partial charge in [0, 0.05) is 37.9 Å². The maximum atomic E-state index is 12.5. The van der Waals surface area contributed by atoms with Crippen molar-refractivity contribution in [3.63, 3.8) is 0 Å². The van der Waals surface area contributed by atoms with Gasteiger partial charge in [0.05, 0.1) is 13.7 Å². The molecule has 8 nitrogen and oxygen atoms in total. The fourth-order valence-electron chi connectivity index (χ4n) is 2.84. The average Bonchev–Trinajstić information content (AvgIpc) is 2.73. The molecular weight excluding hydrogens is 348 g/mol. The molecule has 1 aliphatic heterocycles. The Morgan fingerprint density at radius 3 is 2.44 bits per heavy atom. The predicted octanol–water partition coefficient (Wildman–Crippen LogP) is 1.03. The van der Waals surface area contributed by atoms with Crippen molar-refractivity contribution in [3.8, 4) is 5.75 Å². The van der Waals surface area contributed by atoms with Crippen LogP contribution in [-0.4, -0.2) is 73.1 Å². The van der Waals surface area contributed by atoms with E-state index in [1.807, 2.05) is 6.07 Å². The number of hydrogen-bond donors (Lipinski definition) is 0. The van der Waals surface area contributed by atoms with Gasteiger partial charge in [-0.2, -0.15) is 0 Å². The average molecular weight is 370 g/mol. The fourth-order valence-corrected chi connectivity index (χ4v) is 2.84. The Labute approximate surface area is 157 Å². The fraction of sp³-hybridized carbons (Fsp3) is 0.368. The summed E-state index contributed by atoms with van der Waals surface area (Å²) in [6, 6.07) is 8.69. The first-order chi connectivity index (χ1) is 13.2. The molecule has 0 saturated carbocycles. The highest BCUT2D eigenvalue weighted by Crippen LogP contribution is 2.15. The lowest BCUT2D eigenvalue weighted by Crippen LogP contribution is -2.48. The number of carbonyl (C=O) groups is 2. The van der Waals surface area contributed by atoms with Gasteiger partial charge in [-0.1, -0.05) is 0 Å². The molecule has 1 aromatic carbocycles. The summed E-state index contributed by atoms with van der Waals surface area (Å²) in [6.07, 6.45) is 3.28. The number of Topliss-reactive ketones (excluding diaryl/α,β-unsaturated/α-hetero) is 1. The number of ether oxygens (including phenoxy) is 2. The molecule has 0 amide bonds. The Kier molecular flexibility index (Phi) is 6.32. The third-order valence-corrected chi connectivity index (χ3v) is 4.39. The second kappa shape index (κ2) is 9.09. The van der Waals surface area contributed by atoms with Crippen molar-refractivity contribution in [2.45, 2.75) is 0 Å². The van der Waals surface area contributed by atoms with E-state index < -0.39 is 5.97 Å². The highest BCUT2D eigenvalue weighted by molar-refractivity contribution is 5.97. The second-order valence-corrected chi connectivity index (χ2v) is 6.14. The number of rotatable bonds is 7. The van der Waals surface area contributed by atoms with Crippen molar-refractivity contribution in [3.05, 3.63) is 48.4 Å². The van der Waals surface area contributed by atoms with Crippen LogP contribution in [0.1, 0.15) is 10.4 Å². The first-order valence-corrected chi connectivity index (χ1v) is 8.72. The molecule has 142 valence electrons. The van der Waals surface area contributed by atoms with Crippen molar-refractivity contribution < 1.29 is 19.1 Å². The molecule has 1 aliphatic rings. The summed E-state index contributed by atoms with van der Waals surface area (Å²) in [5.74, 6) is 1.05. The summed E-state index contributed by atoms with van der Waals surface area (Å²) >= 11 is 0. The van der Waals surface area contributed by atoms with Gasteiger partial charge in [-0.3, -0.25) is 9.69 Å². The van der Waals surface area contributed by atoms with Crippen molar-refractivity contribution >= 4 is 17.6 Å². The molecule has 1 aromatic heterocycles. The third-order valence-electron chi connectivity index (χ3n) is 4.39. The van der Waals surface area contributed by atoms with E-state index >= 15 is 0 Å². The van der Waals surface area contributed by atoms with Crippen LogP contribution in [0.4, 0.5) is 5.82 Å². The van der Waals surface area contributed by atoms with E-state index in [0.29, 0.717) is 17.9 Å². The van der Waals surface area contributed by atoms with E-state index in [0.717, 1.165) is 32.0 Å². The van der Waals surface area contributed by atoms with Gasteiger partial charge in [0.1, 0.15) is 17.9 Å². The van der Waals surface area contributed by atoms with Crippen LogP contribution in [0.15, 0.2) is 42.9 Å². The van der Waals surface area contributed by atoms with Gasteiger partial charge < -0.3 is 14.4 Å². The van der Waals surface area contributed by atoms with Gasteiger partial charge in [-0.05, 0) is 30.3 Å². The maximum absolute atomic E-state index is 12.5. The molecule has 0 N–H and O–H groups in total. The van der Waals surface area contributed by atoms with Gasteiger partial charge in [0.2, 0.25) is 0 Å². The number of nitrogens with zero attached hydrogens (tertiary/aromatic N) is 4. The van der Waals surface area contributed by atoms with Crippen LogP contribution in [0.2, 0.25) is 0 Å². The molecule has 0 bridgehead atoms. The van der Waals surface area contributed by atoms with Gasteiger partial charge >= 0.3 is 5.97 Å². The van der Waals surface area contributed by atoms with E-state index in [1.165, 1.54) is 7.11 Å². The number of esters is 1. The molecular formula is C19H22N4O4. The molecule has 0 aliphatic carbocycles. The first-order valence-electron chi connectivity index (χ1n) is 8.72. The number of benzene rings is 1. The zero-order valence-corrected chi connectivity index (χ0v) is 15.2. The topological polar surface area (TPSA) is 84.9 Å². The number of ketones is 1. The van der Waals surface area contributed by atoms with E-state index in [4.69, 9.17) is 4.74 Å². The molecule has 1 fully saturated rings. The number of hydrogen-bond acceptors (Lipinski definition) is 8. The Morgan fingerprint density at radius 1 is 1.07 bits per heavy atom. The van der Waals surface area contributed by atoms with Crippen LogP contribution in [0, 0.1) is 0 Å². The molecule has 3 rings (SSSR count). The summed E-state index contributed by atoms with van der Waals surface area (Å²) in [5.41, 5.74) is 0.624. The molecule has 0 radical (unpaired) electrons. The number of piperazine rings is 1. The highest BCUT2D eigenvalue weighted by atomic mass is 16.6. The van der Waals surface area contributed by atoms with Crippen molar-refractivity contribution in [2.24, 2.45) is 0 Å². The monoisotopic (exact) mass is 370 g/mol. The number of anilines is 1. The minimum Gasteiger partial charge on any atom is -0.482 e. The predicted molar refractivity (Wildman–Crippen MR) is 99.0 cm³/mol. The first kappa shape index (κ1) is 18.8. The number of aromatic nitrogens is 2. The van der Waals surface area contributed by atoms with Gasteiger partial charge in [0.15, 0.2) is 12.4 Å². The standard InChI is InChI=1S/C19H22N4O4/c1-26-19(25)13-27-16-4-2-15(3-5-16)17(24)12-22-8-10-23(11-9-22)18-6-7-20-14-21-18/h2-7,14H,8-13H2,1H3. The van der Waals surface area contributed by atoms with E-state index in [2.05, 4.69) is 24.5 Å². The number of methoxy groups -OCH3 is 1. The lowest BCUT2D eigenvalue weighted by Gasteiger charge is -2.34. The summed E-state index contributed by atoms with van der Waals surface area (Å²) in [6.45, 7) is 3.47. The lowest BCUT2D eigenvalue weighted by atomic mass is 10.1. The molecule has 0 spiro atoms. The van der Waals surface area contributed by atoms with Gasteiger partial charge in [0.25, 0.3) is 0 Å². The Morgan fingerprint density at radius 2 is 1.81 bits per heavy atom. The van der Waals surface area contributed by atoms with Crippen LogP contribution in [0.25, 0.3) is 0 Å². The smallest absolute Gasteiger partial charge is 0.343 e. The highest BCUT2D eigenvalue weighted by Gasteiger charge is 2.20. The number of carbonyl (C=O) groups excluding carboxylic acids is 2. The summed E-state index contributed by atoms with van der Waals surface area (Å²) in [5, 5.41) is 0. The SMILES string of the molecule is COC(=O)COc1ccc(C(=O)CN2CCN(c3ccncn3)CC2)cc1. The Bertz CT molecular complexity index is 759. The maximum Gasteiger partial charge on any atom is 0.343 e. The lowest BCUT2D eigenvalue weighted by molar-refractivity contribution is -0.142. The third kappa shape index (κ3) is 5.24. The van der Waals surface area contributed by atoms with Gasteiger partial charge in [-0.25, -0.2) is 14.8 Å². The quantitative estimate of drug-likeness (QED) is 0.528. The molecule has 27 heavy (non-hydrogen) atoms. The zero-order valence-electron chi connectivity index (χ0n) is 15.2. The molecule has 2 heterocycles. The Balaban J connectivity index is 1.47.